The maximum absolute atomic E-state index is 12.0. The zero-order valence-corrected chi connectivity index (χ0v) is 11.6. The summed E-state index contributed by atoms with van der Waals surface area (Å²) >= 11 is 0. The Labute approximate surface area is 111 Å². The monoisotopic (exact) mass is 288 g/mol. The molecule has 0 unspecified atom stereocenters. The summed E-state index contributed by atoms with van der Waals surface area (Å²) in [6.45, 7) is 3.38. The molecule has 0 radical (unpaired) electrons. The number of phenols is 1. The van der Waals surface area contributed by atoms with Gasteiger partial charge in [-0.3, -0.25) is 4.72 Å². The summed E-state index contributed by atoms with van der Waals surface area (Å²) in [6.07, 6.45) is 0. The summed E-state index contributed by atoms with van der Waals surface area (Å²) < 4.78 is 27.2. The van der Waals surface area contributed by atoms with Gasteiger partial charge in [-0.1, -0.05) is 0 Å². The number of aromatic carboxylic acids is 1. The van der Waals surface area contributed by atoms with Crippen LogP contribution in [-0.4, -0.2) is 42.0 Å². The van der Waals surface area contributed by atoms with E-state index in [0.717, 1.165) is 10.4 Å². The maximum Gasteiger partial charge on any atom is 0.337 e. The molecule has 0 amide bonds. The van der Waals surface area contributed by atoms with E-state index in [1.54, 1.807) is 13.8 Å². The molecule has 1 aromatic carbocycles. The predicted octanol–water partition coefficient (Wildman–Crippen LogP) is 1.09. The van der Waals surface area contributed by atoms with Crippen LogP contribution in [0, 0.1) is 0 Å². The third kappa shape index (κ3) is 3.58. The summed E-state index contributed by atoms with van der Waals surface area (Å²) in [6, 6.07) is 3.11. The highest BCUT2D eigenvalue weighted by molar-refractivity contribution is 7.90. The molecule has 0 aliphatic rings. The van der Waals surface area contributed by atoms with Gasteiger partial charge in [0.1, 0.15) is 5.75 Å². The number of carboxylic acids is 1. The molecule has 19 heavy (non-hydrogen) atoms. The number of phenolic OH excluding ortho intramolecular Hbond substituents is 1. The molecule has 0 aliphatic heterocycles. The lowest BCUT2D eigenvalue weighted by atomic mass is 10.2. The van der Waals surface area contributed by atoms with Crippen LogP contribution in [0.3, 0.4) is 0 Å². The van der Waals surface area contributed by atoms with E-state index in [1.807, 2.05) is 0 Å². The molecule has 7 nitrogen and oxygen atoms in total. The zero-order valence-electron chi connectivity index (χ0n) is 10.8. The van der Waals surface area contributed by atoms with Gasteiger partial charge < -0.3 is 10.2 Å². The minimum atomic E-state index is -3.84. The highest BCUT2D eigenvalue weighted by atomic mass is 32.2. The van der Waals surface area contributed by atoms with Crippen molar-refractivity contribution in [3.8, 4) is 5.75 Å². The van der Waals surface area contributed by atoms with Crippen molar-refractivity contribution in [3.63, 3.8) is 0 Å². The van der Waals surface area contributed by atoms with Gasteiger partial charge in [0.05, 0.1) is 11.3 Å². The van der Waals surface area contributed by atoms with Gasteiger partial charge >= 0.3 is 16.2 Å². The molecule has 1 rings (SSSR count). The van der Waals surface area contributed by atoms with Crippen LogP contribution in [0.4, 0.5) is 5.69 Å². The van der Waals surface area contributed by atoms with Crippen LogP contribution < -0.4 is 4.72 Å². The fourth-order valence-electron chi connectivity index (χ4n) is 1.29. The summed E-state index contributed by atoms with van der Waals surface area (Å²) in [5.74, 6) is -1.58. The van der Waals surface area contributed by atoms with Crippen LogP contribution in [0.25, 0.3) is 0 Å². The van der Waals surface area contributed by atoms with Gasteiger partial charge in [0.25, 0.3) is 0 Å². The fraction of sp³-hybridized carbons (Fsp3) is 0.364. The first-order valence-corrected chi connectivity index (χ1v) is 6.91. The zero-order chi connectivity index (χ0) is 14.8. The number of rotatable bonds is 5. The van der Waals surface area contributed by atoms with Crippen molar-refractivity contribution in [2.75, 3.05) is 11.8 Å². The van der Waals surface area contributed by atoms with Crippen molar-refractivity contribution in [1.82, 2.24) is 4.31 Å². The van der Waals surface area contributed by atoms with Crippen LogP contribution in [0.1, 0.15) is 24.2 Å². The first-order valence-electron chi connectivity index (χ1n) is 5.47. The number of carboxylic acid groups (broad SMARTS) is 1. The highest BCUT2D eigenvalue weighted by Crippen LogP contribution is 2.23. The first kappa shape index (κ1) is 15.3. The molecule has 8 heteroatoms. The lowest BCUT2D eigenvalue weighted by Gasteiger charge is -2.22. The van der Waals surface area contributed by atoms with E-state index >= 15 is 0 Å². The molecular formula is C11H16N2O5S. The molecule has 0 saturated heterocycles. The summed E-state index contributed by atoms with van der Waals surface area (Å²) in [7, 11) is -2.46. The molecule has 0 saturated carbocycles. The molecular weight excluding hydrogens is 272 g/mol. The predicted molar refractivity (Wildman–Crippen MR) is 70.5 cm³/mol. The largest absolute Gasteiger partial charge is 0.508 e. The summed E-state index contributed by atoms with van der Waals surface area (Å²) in [4.78, 5) is 11.0. The average molecular weight is 288 g/mol. The van der Waals surface area contributed by atoms with Gasteiger partial charge in [0.15, 0.2) is 0 Å². The molecule has 1 aromatic rings. The van der Waals surface area contributed by atoms with Gasteiger partial charge in [-0.25, -0.2) is 4.79 Å². The van der Waals surface area contributed by atoms with E-state index in [1.165, 1.54) is 19.2 Å². The first-order chi connectivity index (χ1) is 8.65. The van der Waals surface area contributed by atoms with Crippen LogP contribution in [0.2, 0.25) is 0 Å². The van der Waals surface area contributed by atoms with E-state index in [9.17, 15) is 18.3 Å². The number of aromatic hydroxyl groups is 1. The number of hydrogen-bond donors (Lipinski definition) is 3. The van der Waals surface area contributed by atoms with Crippen molar-refractivity contribution < 1.29 is 23.4 Å². The molecule has 0 atom stereocenters. The molecule has 0 bridgehead atoms. The van der Waals surface area contributed by atoms with E-state index in [4.69, 9.17) is 5.11 Å². The Hall–Kier alpha value is -1.80. The van der Waals surface area contributed by atoms with Crippen molar-refractivity contribution in [2.45, 2.75) is 19.9 Å². The molecule has 0 fully saturated rings. The normalized spacial score (nSPS) is 11.8. The maximum atomic E-state index is 12.0. The minimum Gasteiger partial charge on any atom is -0.508 e. The number of nitrogens with one attached hydrogen (secondary N) is 1. The van der Waals surface area contributed by atoms with Gasteiger partial charge in [0, 0.05) is 13.1 Å². The van der Waals surface area contributed by atoms with Crippen LogP contribution in [0.5, 0.6) is 5.75 Å². The van der Waals surface area contributed by atoms with Crippen LogP contribution >= 0.6 is 0 Å². The number of hydrogen-bond acceptors (Lipinski definition) is 4. The van der Waals surface area contributed by atoms with Gasteiger partial charge in [-0.15, -0.1) is 0 Å². The molecule has 3 N–H and O–H groups in total. The number of carbonyl (C=O) groups is 1. The quantitative estimate of drug-likeness (QED) is 0.703. The van der Waals surface area contributed by atoms with E-state index in [2.05, 4.69) is 4.72 Å². The molecule has 0 spiro atoms. The fourth-order valence-corrected chi connectivity index (χ4v) is 2.44. The third-order valence-electron chi connectivity index (χ3n) is 2.58. The second kappa shape index (κ2) is 5.45. The van der Waals surface area contributed by atoms with Crippen molar-refractivity contribution in [3.05, 3.63) is 23.8 Å². The molecule has 106 valence electrons. The summed E-state index contributed by atoms with van der Waals surface area (Å²) in [5.41, 5.74) is -0.418. The number of nitrogens with zero attached hydrogens (tertiary/aromatic N) is 1. The molecule has 0 aromatic heterocycles. The van der Waals surface area contributed by atoms with Gasteiger partial charge in [-0.05, 0) is 32.0 Å². The highest BCUT2D eigenvalue weighted by Gasteiger charge is 2.22. The molecule has 0 heterocycles. The second-order valence-electron chi connectivity index (χ2n) is 4.25. The number of benzene rings is 1. The van der Waals surface area contributed by atoms with Crippen molar-refractivity contribution >= 4 is 21.9 Å². The van der Waals surface area contributed by atoms with E-state index in [0.29, 0.717) is 0 Å². The Morgan fingerprint density at radius 1 is 1.37 bits per heavy atom. The van der Waals surface area contributed by atoms with Gasteiger partial charge in [0.2, 0.25) is 0 Å². The Morgan fingerprint density at radius 3 is 2.42 bits per heavy atom. The lowest BCUT2D eigenvalue weighted by Crippen LogP contribution is -2.37. The van der Waals surface area contributed by atoms with E-state index < -0.39 is 16.2 Å². The third-order valence-corrected chi connectivity index (χ3v) is 4.24. The van der Waals surface area contributed by atoms with Crippen molar-refractivity contribution in [2.24, 2.45) is 0 Å². The summed E-state index contributed by atoms with van der Waals surface area (Å²) in [5, 5.41) is 18.2. The van der Waals surface area contributed by atoms with E-state index in [-0.39, 0.29) is 23.0 Å². The average Bonchev–Trinajstić information content (AvgIpc) is 2.29. The van der Waals surface area contributed by atoms with Gasteiger partial charge in [-0.2, -0.15) is 12.7 Å². The number of anilines is 1. The second-order valence-corrected chi connectivity index (χ2v) is 5.98. The van der Waals surface area contributed by atoms with Crippen LogP contribution in [0.15, 0.2) is 18.2 Å². The van der Waals surface area contributed by atoms with Crippen molar-refractivity contribution in [1.29, 1.82) is 0 Å². The minimum absolute atomic E-state index is 0.0993. The Bertz CT molecular complexity index is 583. The standard InChI is InChI=1S/C11H16N2O5S/c1-7(2)13(3)19(17,18)12-10-5-4-8(14)6-9(10)11(15)16/h4-7,12,14H,1-3H3,(H,15,16). The topological polar surface area (TPSA) is 107 Å². The smallest absolute Gasteiger partial charge is 0.337 e. The Balaban J connectivity index is 3.16. The van der Waals surface area contributed by atoms with Crippen LogP contribution in [-0.2, 0) is 10.2 Å². The Morgan fingerprint density at radius 2 is 1.95 bits per heavy atom. The SMILES string of the molecule is CC(C)N(C)S(=O)(=O)Nc1ccc(O)cc1C(=O)O. The molecule has 0 aliphatic carbocycles. The lowest BCUT2D eigenvalue weighted by molar-refractivity contribution is 0.0697. The Kier molecular flexibility index (Phi) is 4.38.